The van der Waals surface area contributed by atoms with E-state index in [4.69, 9.17) is 17.3 Å². The topological polar surface area (TPSA) is 29.3 Å². The minimum absolute atomic E-state index is 0.120. The molecule has 0 aliphatic heterocycles. The molecule has 1 aromatic carbocycles. The molecule has 2 N–H and O–H groups in total. The molecule has 94 valence electrons. The van der Waals surface area contributed by atoms with Gasteiger partial charge in [0, 0.05) is 17.1 Å². The maximum Gasteiger partial charge on any atom is 0.0406 e. The summed E-state index contributed by atoms with van der Waals surface area (Å²) in [7, 11) is 2.21. The van der Waals surface area contributed by atoms with Crippen molar-refractivity contribution in [3.8, 4) is 0 Å². The summed E-state index contributed by atoms with van der Waals surface area (Å²) in [6.07, 6.45) is 5.10. The van der Waals surface area contributed by atoms with Crippen molar-refractivity contribution < 1.29 is 0 Å². The molecule has 17 heavy (non-hydrogen) atoms. The first-order chi connectivity index (χ1) is 8.16. The Morgan fingerprint density at radius 2 is 2.00 bits per heavy atom. The Labute approximate surface area is 109 Å². The maximum absolute atomic E-state index is 6.18. The Hall–Kier alpha value is -0.570. The van der Waals surface area contributed by atoms with E-state index in [1.165, 1.54) is 24.8 Å². The van der Waals surface area contributed by atoms with Gasteiger partial charge < -0.3 is 10.6 Å². The number of halogens is 1. The summed E-state index contributed by atoms with van der Waals surface area (Å²) in [5.41, 5.74) is 7.36. The molecule has 0 aromatic heterocycles. The summed E-state index contributed by atoms with van der Waals surface area (Å²) in [4.78, 5) is 2.44. The number of nitrogens with two attached hydrogens (primary N) is 1. The minimum Gasteiger partial charge on any atom is -0.324 e. The highest BCUT2D eigenvalue weighted by Gasteiger charge is 2.21. The van der Waals surface area contributed by atoms with Gasteiger partial charge in [-0.15, -0.1) is 0 Å². The molecule has 0 spiro atoms. The zero-order chi connectivity index (χ0) is 12.3. The van der Waals surface area contributed by atoms with Gasteiger partial charge in [-0.05, 0) is 50.6 Å². The lowest BCUT2D eigenvalue weighted by atomic mass is 9.91. The molecule has 1 atom stereocenters. The molecular formula is C14H21ClN2. The predicted molar refractivity (Wildman–Crippen MR) is 73.3 cm³/mol. The van der Waals surface area contributed by atoms with Crippen LogP contribution in [0.2, 0.25) is 5.02 Å². The van der Waals surface area contributed by atoms with E-state index >= 15 is 0 Å². The van der Waals surface area contributed by atoms with Crippen LogP contribution >= 0.6 is 11.6 Å². The molecule has 1 fully saturated rings. The van der Waals surface area contributed by atoms with Gasteiger partial charge in [0.15, 0.2) is 0 Å². The standard InChI is InChI=1S/C14H21ClN2/c1-17(13-3-2-4-13)10-9-14(16)11-5-7-12(15)8-6-11/h5-8,13-14H,2-4,9-10,16H2,1H3. The molecule has 1 unspecified atom stereocenters. The lowest BCUT2D eigenvalue weighted by molar-refractivity contribution is 0.155. The average Bonchev–Trinajstić information content (AvgIpc) is 2.24. The first-order valence-electron chi connectivity index (χ1n) is 6.38. The molecule has 0 radical (unpaired) electrons. The van der Waals surface area contributed by atoms with Crippen molar-refractivity contribution in [1.82, 2.24) is 4.90 Å². The highest BCUT2D eigenvalue weighted by atomic mass is 35.5. The SMILES string of the molecule is CN(CCC(N)c1ccc(Cl)cc1)C1CCC1. The molecule has 2 rings (SSSR count). The van der Waals surface area contributed by atoms with E-state index in [0.717, 1.165) is 24.0 Å². The third-order valence-electron chi connectivity index (χ3n) is 3.79. The summed E-state index contributed by atoms with van der Waals surface area (Å²) in [5.74, 6) is 0. The third-order valence-corrected chi connectivity index (χ3v) is 4.04. The maximum atomic E-state index is 6.18. The van der Waals surface area contributed by atoms with Crippen LogP contribution in [0, 0.1) is 0 Å². The van der Waals surface area contributed by atoms with Gasteiger partial charge in [0.2, 0.25) is 0 Å². The molecule has 1 aliphatic rings. The fourth-order valence-corrected chi connectivity index (χ4v) is 2.36. The second-order valence-corrected chi connectivity index (χ2v) is 5.45. The van der Waals surface area contributed by atoms with Gasteiger partial charge in [-0.3, -0.25) is 0 Å². The van der Waals surface area contributed by atoms with Crippen LogP contribution in [-0.4, -0.2) is 24.5 Å². The van der Waals surface area contributed by atoms with E-state index in [-0.39, 0.29) is 6.04 Å². The fraction of sp³-hybridized carbons (Fsp3) is 0.571. The molecule has 0 heterocycles. The van der Waals surface area contributed by atoms with E-state index < -0.39 is 0 Å². The molecule has 3 heteroatoms. The van der Waals surface area contributed by atoms with Crippen molar-refractivity contribution in [3.05, 3.63) is 34.9 Å². The summed E-state index contributed by atoms with van der Waals surface area (Å²) >= 11 is 5.86. The molecule has 2 nitrogen and oxygen atoms in total. The van der Waals surface area contributed by atoms with Crippen LogP contribution in [0.3, 0.4) is 0 Å². The summed E-state index contributed by atoms with van der Waals surface area (Å²) in [6.45, 7) is 1.08. The van der Waals surface area contributed by atoms with Crippen LogP contribution in [-0.2, 0) is 0 Å². The lowest BCUT2D eigenvalue weighted by Gasteiger charge is -2.35. The molecule has 0 bridgehead atoms. The first-order valence-corrected chi connectivity index (χ1v) is 6.76. The van der Waals surface area contributed by atoms with Crippen LogP contribution in [0.5, 0.6) is 0 Å². The number of rotatable bonds is 5. The quantitative estimate of drug-likeness (QED) is 0.872. The van der Waals surface area contributed by atoms with Crippen LogP contribution in [0.25, 0.3) is 0 Å². The number of benzene rings is 1. The second-order valence-electron chi connectivity index (χ2n) is 5.01. The van der Waals surface area contributed by atoms with E-state index in [0.29, 0.717) is 0 Å². The van der Waals surface area contributed by atoms with Crippen molar-refractivity contribution in [2.75, 3.05) is 13.6 Å². The zero-order valence-electron chi connectivity index (χ0n) is 10.4. The highest BCUT2D eigenvalue weighted by molar-refractivity contribution is 6.30. The van der Waals surface area contributed by atoms with Gasteiger partial charge in [0.25, 0.3) is 0 Å². The van der Waals surface area contributed by atoms with Gasteiger partial charge in [-0.1, -0.05) is 30.2 Å². The number of hydrogen-bond donors (Lipinski definition) is 1. The molecule has 1 saturated carbocycles. The second kappa shape index (κ2) is 5.85. The smallest absolute Gasteiger partial charge is 0.0406 e. The van der Waals surface area contributed by atoms with Crippen molar-refractivity contribution in [3.63, 3.8) is 0 Å². The number of nitrogens with zero attached hydrogens (tertiary/aromatic N) is 1. The molecular weight excluding hydrogens is 232 g/mol. The molecule has 1 aliphatic carbocycles. The molecule has 1 aromatic rings. The number of hydrogen-bond acceptors (Lipinski definition) is 2. The Morgan fingerprint density at radius 3 is 2.53 bits per heavy atom. The van der Waals surface area contributed by atoms with E-state index in [1.807, 2.05) is 24.3 Å². The van der Waals surface area contributed by atoms with Gasteiger partial charge in [-0.25, -0.2) is 0 Å². The predicted octanol–water partition coefficient (Wildman–Crippen LogP) is 3.21. The largest absolute Gasteiger partial charge is 0.324 e. The summed E-state index contributed by atoms with van der Waals surface area (Å²) in [5, 5.41) is 0.771. The Balaban J connectivity index is 1.80. The van der Waals surface area contributed by atoms with Gasteiger partial charge >= 0.3 is 0 Å². The third kappa shape index (κ3) is 3.44. The van der Waals surface area contributed by atoms with Crippen molar-refractivity contribution in [2.45, 2.75) is 37.8 Å². The van der Waals surface area contributed by atoms with Crippen molar-refractivity contribution in [2.24, 2.45) is 5.73 Å². The van der Waals surface area contributed by atoms with E-state index in [2.05, 4.69) is 11.9 Å². The molecule has 0 amide bonds. The van der Waals surface area contributed by atoms with Crippen LogP contribution in [0.4, 0.5) is 0 Å². The average molecular weight is 253 g/mol. The zero-order valence-corrected chi connectivity index (χ0v) is 11.2. The lowest BCUT2D eigenvalue weighted by Crippen LogP contribution is -2.38. The van der Waals surface area contributed by atoms with Gasteiger partial charge in [0.05, 0.1) is 0 Å². The first kappa shape index (κ1) is 12.9. The Kier molecular flexibility index (Phi) is 4.43. The minimum atomic E-state index is 0.120. The van der Waals surface area contributed by atoms with Crippen LogP contribution < -0.4 is 5.73 Å². The van der Waals surface area contributed by atoms with Crippen molar-refractivity contribution >= 4 is 11.6 Å². The summed E-state index contributed by atoms with van der Waals surface area (Å²) < 4.78 is 0. The molecule has 0 saturated heterocycles. The fourth-order valence-electron chi connectivity index (χ4n) is 2.23. The Bertz CT molecular complexity index is 346. The van der Waals surface area contributed by atoms with Crippen molar-refractivity contribution in [1.29, 1.82) is 0 Å². The van der Waals surface area contributed by atoms with Crippen LogP contribution in [0.1, 0.15) is 37.3 Å². The Morgan fingerprint density at radius 1 is 1.35 bits per heavy atom. The van der Waals surface area contributed by atoms with Gasteiger partial charge in [-0.2, -0.15) is 0 Å². The summed E-state index contributed by atoms with van der Waals surface area (Å²) in [6, 6.07) is 8.79. The van der Waals surface area contributed by atoms with E-state index in [1.54, 1.807) is 0 Å². The van der Waals surface area contributed by atoms with Crippen LogP contribution in [0.15, 0.2) is 24.3 Å². The monoisotopic (exact) mass is 252 g/mol. The highest BCUT2D eigenvalue weighted by Crippen LogP contribution is 2.24. The van der Waals surface area contributed by atoms with Gasteiger partial charge in [0.1, 0.15) is 0 Å². The van der Waals surface area contributed by atoms with E-state index in [9.17, 15) is 0 Å². The normalized spacial score (nSPS) is 18.1.